The first-order valence-electron chi connectivity index (χ1n) is 7.24. The van der Waals surface area contributed by atoms with E-state index in [0.717, 1.165) is 11.7 Å². The predicted molar refractivity (Wildman–Crippen MR) is 77.5 cm³/mol. The molecule has 0 heterocycles. The number of benzene rings is 1. The average molecular weight is 263 g/mol. The van der Waals surface area contributed by atoms with E-state index >= 15 is 0 Å². The third-order valence-electron chi connectivity index (χ3n) is 3.77. The summed E-state index contributed by atoms with van der Waals surface area (Å²) in [6, 6.07) is 8.48. The molecule has 2 N–H and O–H groups in total. The van der Waals surface area contributed by atoms with E-state index in [1.54, 1.807) is 0 Å². The molecule has 3 nitrogen and oxygen atoms in total. The molecule has 3 atom stereocenters. The normalized spacial score (nSPS) is 24.4. The molecule has 1 aliphatic carbocycles. The van der Waals surface area contributed by atoms with Crippen LogP contribution in [0.5, 0.6) is 5.75 Å². The molecule has 0 bridgehead atoms. The largest absolute Gasteiger partial charge is 0.491 e. The lowest BCUT2D eigenvalue weighted by Gasteiger charge is -2.17. The molecule has 0 amide bonds. The zero-order valence-electron chi connectivity index (χ0n) is 11.9. The Morgan fingerprint density at radius 2 is 2.26 bits per heavy atom. The van der Waals surface area contributed by atoms with Crippen LogP contribution in [0.4, 0.5) is 0 Å². The Hall–Kier alpha value is -1.06. The number of aliphatic hydroxyl groups is 1. The van der Waals surface area contributed by atoms with Crippen molar-refractivity contribution in [1.29, 1.82) is 0 Å². The molecule has 1 aliphatic rings. The van der Waals surface area contributed by atoms with Crippen molar-refractivity contribution in [3.63, 3.8) is 0 Å². The topological polar surface area (TPSA) is 41.5 Å². The van der Waals surface area contributed by atoms with Crippen molar-refractivity contribution in [2.45, 2.75) is 45.3 Å². The van der Waals surface area contributed by atoms with E-state index in [9.17, 15) is 5.11 Å². The van der Waals surface area contributed by atoms with Crippen molar-refractivity contribution in [2.75, 3.05) is 13.2 Å². The first-order chi connectivity index (χ1) is 9.13. The van der Waals surface area contributed by atoms with Gasteiger partial charge in [0.1, 0.15) is 18.5 Å². The van der Waals surface area contributed by atoms with Gasteiger partial charge in [0, 0.05) is 12.6 Å². The van der Waals surface area contributed by atoms with Crippen molar-refractivity contribution in [1.82, 2.24) is 5.32 Å². The minimum Gasteiger partial charge on any atom is -0.491 e. The lowest BCUT2D eigenvalue weighted by atomic mass is 10.1. The van der Waals surface area contributed by atoms with Gasteiger partial charge in [-0.2, -0.15) is 0 Å². The van der Waals surface area contributed by atoms with E-state index in [4.69, 9.17) is 4.74 Å². The number of aliphatic hydroxyl groups excluding tert-OH is 1. The van der Waals surface area contributed by atoms with E-state index in [2.05, 4.69) is 12.2 Å². The summed E-state index contributed by atoms with van der Waals surface area (Å²) < 4.78 is 5.59. The van der Waals surface area contributed by atoms with E-state index in [1.165, 1.54) is 24.8 Å². The maximum absolute atomic E-state index is 9.92. The molecule has 0 spiro atoms. The van der Waals surface area contributed by atoms with Gasteiger partial charge in [0.15, 0.2) is 0 Å². The zero-order chi connectivity index (χ0) is 13.7. The van der Waals surface area contributed by atoms with Crippen LogP contribution in [-0.2, 0) is 0 Å². The fourth-order valence-electron chi connectivity index (χ4n) is 2.65. The second-order valence-electron chi connectivity index (χ2n) is 5.80. The van der Waals surface area contributed by atoms with Gasteiger partial charge in [0.05, 0.1) is 0 Å². The molecular weight excluding hydrogens is 238 g/mol. The monoisotopic (exact) mass is 263 g/mol. The molecule has 1 fully saturated rings. The Morgan fingerprint density at radius 1 is 1.42 bits per heavy atom. The standard InChI is InChI=1S/C16H25NO2/c1-12-4-3-5-16(9-12)19-11-15(18)10-17-14-7-6-13(2)8-14/h3-5,9,13-15,17-18H,6-8,10-11H2,1-2H3. The lowest BCUT2D eigenvalue weighted by molar-refractivity contribution is 0.103. The Morgan fingerprint density at radius 3 is 2.95 bits per heavy atom. The number of hydrogen-bond donors (Lipinski definition) is 2. The molecule has 1 saturated carbocycles. The number of hydrogen-bond acceptors (Lipinski definition) is 3. The van der Waals surface area contributed by atoms with Gasteiger partial charge in [-0.15, -0.1) is 0 Å². The van der Waals surface area contributed by atoms with Gasteiger partial charge >= 0.3 is 0 Å². The Labute approximate surface area is 116 Å². The number of nitrogens with one attached hydrogen (secondary N) is 1. The summed E-state index contributed by atoms with van der Waals surface area (Å²) in [6.45, 7) is 5.28. The highest BCUT2D eigenvalue weighted by molar-refractivity contribution is 5.27. The van der Waals surface area contributed by atoms with Gasteiger partial charge in [0.25, 0.3) is 0 Å². The van der Waals surface area contributed by atoms with Crippen molar-refractivity contribution in [3.8, 4) is 5.75 Å². The first kappa shape index (κ1) is 14.4. The van der Waals surface area contributed by atoms with E-state index < -0.39 is 6.10 Å². The molecule has 3 unspecified atom stereocenters. The summed E-state index contributed by atoms with van der Waals surface area (Å²) in [5.41, 5.74) is 1.17. The van der Waals surface area contributed by atoms with Gasteiger partial charge in [0.2, 0.25) is 0 Å². The van der Waals surface area contributed by atoms with E-state index in [-0.39, 0.29) is 0 Å². The molecule has 106 valence electrons. The van der Waals surface area contributed by atoms with Crippen LogP contribution in [0.15, 0.2) is 24.3 Å². The predicted octanol–water partition coefficient (Wildman–Crippen LogP) is 2.51. The molecule has 0 radical (unpaired) electrons. The quantitative estimate of drug-likeness (QED) is 0.828. The smallest absolute Gasteiger partial charge is 0.119 e. The number of ether oxygens (including phenoxy) is 1. The van der Waals surface area contributed by atoms with Crippen molar-refractivity contribution < 1.29 is 9.84 Å². The zero-order valence-corrected chi connectivity index (χ0v) is 11.9. The van der Waals surface area contributed by atoms with Crippen LogP contribution in [0.25, 0.3) is 0 Å². The van der Waals surface area contributed by atoms with Crippen LogP contribution in [0.1, 0.15) is 31.7 Å². The van der Waals surface area contributed by atoms with Crippen LogP contribution in [-0.4, -0.2) is 30.4 Å². The summed E-state index contributed by atoms with van der Waals surface area (Å²) in [5.74, 6) is 1.65. The Kier molecular flexibility index (Phi) is 5.23. The maximum atomic E-state index is 9.92. The fraction of sp³-hybridized carbons (Fsp3) is 0.625. The van der Waals surface area contributed by atoms with Crippen LogP contribution >= 0.6 is 0 Å². The second-order valence-corrected chi connectivity index (χ2v) is 5.80. The van der Waals surface area contributed by atoms with Gasteiger partial charge in [-0.1, -0.05) is 19.1 Å². The molecule has 3 heteroatoms. The van der Waals surface area contributed by atoms with Crippen molar-refractivity contribution >= 4 is 0 Å². The summed E-state index contributed by atoms with van der Waals surface area (Å²) in [6.07, 6.45) is 3.31. The molecule has 0 saturated heterocycles. The molecule has 0 aliphatic heterocycles. The van der Waals surface area contributed by atoms with Gasteiger partial charge in [-0.25, -0.2) is 0 Å². The van der Waals surface area contributed by atoms with Crippen LogP contribution in [0, 0.1) is 12.8 Å². The first-order valence-corrected chi connectivity index (χ1v) is 7.24. The van der Waals surface area contributed by atoms with Crippen molar-refractivity contribution in [2.24, 2.45) is 5.92 Å². The molecule has 19 heavy (non-hydrogen) atoms. The van der Waals surface area contributed by atoms with Crippen molar-refractivity contribution in [3.05, 3.63) is 29.8 Å². The highest BCUT2D eigenvalue weighted by atomic mass is 16.5. The van der Waals surface area contributed by atoms with Crippen LogP contribution in [0.2, 0.25) is 0 Å². The molecule has 0 aromatic heterocycles. The van der Waals surface area contributed by atoms with Gasteiger partial charge in [-0.3, -0.25) is 0 Å². The Balaban J connectivity index is 1.65. The summed E-state index contributed by atoms with van der Waals surface area (Å²) in [4.78, 5) is 0. The highest BCUT2D eigenvalue weighted by Crippen LogP contribution is 2.24. The van der Waals surface area contributed by atoms with Crippen LogP contribution < -0.4 is 10.1 Å². The Bertz CT molecular complexity index is 394. The molecule has 2 rings (SSSR count). The SMILES string of the molecule is Cc1cccc(OCC(O)CNC2CCC(C)C2)c1. The lowest BCUT2D eigenvalue weighted by Crippen LogP contribution is -2.36. The van der Waals surface area contributed by atoms with E-state index in [1.807, 2.05) is 31.2 Å². The summed E-state index contributed by atoms with van der Waals surface area (Å²) in [5, 5.41) is 13.3. The maximum Gasteiger partial charge on any atom is 0.119 e. The molecular formula is C16H25NO2. The molecule has 1 aromatic rings. The number of rotatable bonds is 6. The fourth-order valence-corrected chi connectivity index (χ4v) is 2.65. The third kappa shape index (κ3) is 4.84. The minimum absolute atomic E-state index is 0.346. The van der Waals surface area contributed by atoms with Crippen LogP contribution in [0.3, 0.4) is 0 Å². The summed E-state index contributed by atoms with van der Waals surface area (Å²) >= 11 is 0. The average Bonchev–Trinajstić information content (AvgIpc) is 2.80. The minimum atomic E-state index is -0.448. The van der Waals surface area contributed by atoms with Gasteiger partial charge < -0.3 is 15.2 Å². The van der Waals surface area contributed by atoms with E-state index in [0.29, 0.717) is 19.2 Å². The third-order valence-corrected chi connectivity index (χ3v) is 3.77. The van der Waals surface area contributed by atoms with Gasteiger partial charge in [-0.05, 0) is 49.8 Å². The molecule has 1 aromatic carbocycles. The highest BCUT2D eigenvalue weighted by Gasteiger charge is 2.21. The summed E-state index contributed by atoms with van der Waals surface area (Å²) in [7, 11) is 0. The number of aryl methyl sites for hydroxylation is 1. The second kappa shape index (κ2) is 6.92.